The minimum atomic E-state index is -0.270. The molecule has 0 bridgehead atoms. The summed E-state index contributed by atoms with van der Waals surface area (Å²) in [5, 5.41) is 15.5. The van der Waals surface area contributed by atoms with E-state index in [2.05, 4.69) is 20.8 Å². The highest BCUT2D eigenvalue weighted by molar-refractivity contribution is 6.35. The number of rotatable bonds is 5. The molecule has 1 aliphatic rings. The molecule has 0 spiro atoms. The van der Waals surface area contributed by atoms with E-state index in [1.54, 1.807) is 35.1 Å². The van der Waals surface area contributed by atoms with Crippen LogP contribution in [0.4, 0.5) is 5.82 Å². The van der Waals surface area contributed by atoms with Gasteiger partial charge in [0, 0.05) is 36.8 Å². The first-order chi connectivity index (χ1) is 14.8. The summed E-state index contributed by atoms with van der Waals surface area (Å²) in [6, 6.07) is 6.94. The summed E-state index contributed by atoms with van der Waals surface area (Å²) in [7, 11) is 0. The molecule has 4 rings (SSSR count). The predicted octanol–water partition coefficient (Wildman–Crippen LogP) is 3.63. The molecule has 1 aliphatic heterocycles. The Balaban J connectivity index is 1.51. The SMILES string of the molecule is CC(=O)NCC1CCn2ncc(C(=O)Nc3cc(C)n(-c4ccc(Cl)cc4Cl)n3)c2C1. The Morgan fingerprint density at radius 2 is 2.06 bits per heavy atom. The number of anilines is 1. The lowest BCUT2D eigenvalue weighted by atomic mass is 9.94. The smallest absolute Gasteiger partial charge is 0.260 e. The fraction of sp³-hybridized carbons (Fsp3) is 0.333. The van der Waals surface area contributed by atoms with Crippen LogP contribution in [0, 0.1) is 12.8 Å². The van der Waals surface area contributed by atoms with Crippen LogP contribution in [0.5, 0.6) is 0 Å². The number of benzene rings is 1. The normalized spacial score (nSPS) is 15.4. The minimum Gasteiger partial charge on any atom is -0.356 e. The van der Waals surface area contributed by atoms with Crippen molar-refractivity contribution in [1.82, 2.24) is 24.9 Å². The van der Waals surface area contributed by atoms with E-state index in [9.17, 15) is 9.59 Å². The molecular weight excluding hydrogens is 439 g/mol. The third kappa shape index (κ3) is 4.60. The first kappa shape index (κ1) is 21.4. The highest BCUT2D eigenvalue weighted by Crippen LogP contribution is 2.27. The molecule has 3 heterocycles. The summed E-state index contributed by atoms with van der Waals surface area (Å²) < 4.78 is 3.52. The summed E-state index contributed by atoms with van der Waals surface area (Å²) in [4.78, 5) is 24.2. The van der Waals surface area contributed by atoms with Gasteiger partial charge in [-0.05, 0) is 43.9 Å². The third-order valence-electron chi connectivity index (χ3n) is 5.33. The molecule has 2 aromatic heterocycles. The second kappa shape index (κ2) is 8.72. The molecule has 10 heteroatoms. The summed E-state index contributed by atoms with van der Waals surface area (Å²) in [5.74, 6) is 0.365. The van der Waals surface area contributed by atoms with E-state index in [1.165, 1.54) is 6.92 Å². The number of carbonyl (C=O) groups excluding carboxylic acids is 2. The van der Waals surface area contributed by atoms with E-state index in [-0.39, 0.29) is 17.7 Å². The van der Waals surface area contributed by atoms with Crippen LogP contribution < -0.4 is 10.6 Å². The largest absolute Gasteiger partial charge is 0.356 e. The lowest BCUT2D eigenvalue weighted by molar-refractivity contribution is -0.119. The molecule has 31 heavy (non-hydrogen) atoms. The van der Waals surface area contributed by atoms with Crippen LogP contribution in [0.1, 0.15) is 35.1 Å². The number of fused-ring (bicyclic) bond motifs is 1. The lowest BCUT2D eigenvalue weighted by Gasteiger charge is -2.24. The molecule has 2 amide bonds. The molecule has 0 radical (unpaired) electrons. The van der Waals surface area contributed by atoms with Gasteiger partial charge in [-0.2, -0.15) is 5.10 Å². The number of carbonyl (C=O) groups is 2. The highest BCUT2D eigenvalue weighted by atomic mass is 35.5. The van der Waals surface area contributed by atoms with Crippen molar-refractivity contribution in [3.8, 4) is 5.69 Å². The Labute approximate surface area is 189 Å². The van der Waals surface area contributed by atoms with Crippen molar-refractivity contribution in [2.75, 3.05) is 11.9 Å². The van der Waals surface area contributed by atoms with E-state index in [1.807, 2.05) is 11.6 Å². The van der Waals surface area contributed by atoms with Crippen molar-refractivity contribution < 1.29 is 9.59 Å². The Hall–Kier alpha value is -2.84. The first-order valence-electron chi connectivity index (χ1n) is 9.94. The van der Waals surface area contributed by atoms with Gasteiger partial charge in [-0.1, -0.05) is 23.2 Å². The summed E-state index contributed by atoms with van der Waals surface area (Å²) in [6.07, 6.45) is 3.17. The number of hydrogen-bond donors (Lipinski definition) is 2. The second-order valence-electron chi connectivity index (χ2n) is 7.66. The molecular formula is C21H22Cl2N6O2. The van der Waals surface area contributed by atoms with Gasteiger partial charge in [0.1, 0.15) is 0 Å². The monoisotopic (exact) mass is 460 g/mol. The molecule has 1 unspecified atom stereocenters. The van der Waals surface area contributed by atoms with Crippen LogP contribution in [0.15, 0.2) is 30.5 Å². The summed E-state index contributed by atoms with van der Waals surface area (Å²) in [6.45, 7) is 4.69. The van der Waals surface area contributed by atoms with E-state index in [4.69, 9.17) is 23.2 Å². The van der Waals surface area contributed by atoms with Gasteiger partial charge >= 0.3 is 0 Å². The number of aryl methyl sites for hydroxylation is 2. The standard InChI is InChI=1S/C21H22Cl2N6O2/c1-12-7-20(27-29(12)18-4-3-15(22)9-17(18)23)26-21(31)16-11-25-28-6-5-14(8-19(16)28)10-24-13(2)30/h3-4,7,9,11,14H,5-6,8,10H2,1-2H3,(H,24,30)(H,26,27,31). The van der Waals surface area contributed by atoms with Gasteiger partial charge in [0.05, 0.1) is 28.2 Å². The number of hydrogen-bond acceptors (Lipinski definition) is 4. The first-order valence-corrected chi connectivity index (χ1v) is 10.7. The lowest BCUT2D eigenvalue weighted by Crippen LogP contribution is -2.32. The average molecular weight is 461 g/mol. The van der Waals surface area contributed by atoms with E-state index in [0.717, 1.165) is 24.4 Å². The summed E-state index contributed by atoms with van der Waals surface area (Å²) >= 11 is 12.3. The zero-order chi connectivity index (χ0) is 22.1. The highest BCUT2D eigenvalue weighted by Gasteiger charge is 2.26. The summed E-state index contributed by atoms with van der Waals surface area (Å²) in [5.41, 5.74) is 2.87. The molecule has 162 valence electrons. The topological polar surface area (TPSA) is 93.8 Å². The van der Waals surface area contributed by atoms with Gasteiger partial charge < -0.3 is 10.6 Å². The number of amides is 2. The zero-order valence-electron chi connectivity index (χ0n) is 17.2. The van der Waals surface area contributed by atoms with Crippen LogP contribution in [0.2, 0.25) is 10.0 Å². The van der Waals surface area contributed by atoms with Gasteiger partial charge in [-0.15, -0.1) is 5.10 Å². The molecule has 0 aliphatic carbocycles. The molecule has 3 aromatic rings. The van der Waals surface area contributed by atoms with Gasteiger partial charge in [0.15, 0.2) is 5.82 Å². The fourth-order valence-electron chi connectivity index (χ4n) is 3.77. The maximum Gasteiger partial charge on any atom is 0.260 e. The number of nitrogens with one attached hydrogen (secondary N) is 2. The van der Waals surface area contributed by atoms with Crippen LogP contribution >= 0.6 is 23.2 Å². The number of nitrogens with zero attached hydrogens (tertiary/aromatic N) is 4. The van der Waals surface area contributed by atoms with E-state index >= 15 is 0 Å². The molecule has 0 saturated carbocycles. The van der Waals surface area contributed by atoms with E-state index < -0.39 is 0 Å². The molecule has 1 aromatic carbocycles. The zero-order valence-corrected chi connectivity index (χ0v) is 18.7. The van der Waals surface area contributed by atoms with Crippen LogP contribution in [0.25, 0.3) is 5.69 Å². The van der Waals surface area contributed by atoms with Gasteiger partial charge in [0.2, 0.25) is 5.91 Å². The molecule has 8 nitrogen and oxygen atoms in total. The Morgan fingerprint density at radius 1 is 1.26 bits per heavy atom. The minimum absolute atomic E-state index is 0.0520. The molecule has 2 N–H and O–H groups in total. The Bertz CT molecular complexity index is 1150. The van der Waals surface area contributed by atoms with Crippen molar-refractivity contribution in [2.45, 2.75) is 33.2 Å². The number of halogens is 2. The maximum atomic E-state index is 13.0. The van der Waals surface area contributed by atoms with Crippen molar-refractivity contribution in [3.63, 3.8) is 0 Å². The number of aromatic nitrogens is 4. The fourth-order valence-corrected chi connectivity index (χ4v) is 4.26. The Morgan fingerprint density at radius 3 is 2.81 bits per heavy atom. The molecule has 1 atom stereocenters. The quantitative estimate of drug-likeness (QED) is 0.607. The van der Waals surface area contributed by atoms with Gasteiger partial charge in [-0.3, -0.25) is 14.3 Å². The second-order valence-corrected chi connectivity index (χ2v) is 8.50. The average Bonchev–Trinajstić information content (AvgIpc) is 3.29. The van der Waals surface area contributed by atoms with Crippen molar-refractivity contribution in [1.29, 1.82) is 0 Å². The predicted molar refractivity (Wildman–Crippen MR) is 119 cm³/mol. The van der Waals surface area contributed by atoms with Crippen LogP contribution in [0.3, 0.4) is 0 Å². The van der Waals surface area contributed by atoms with E-state index in [0.29, 0.717) is 40.1 Å². The van der Waals surface area contributed by atoms with Crippen LogP contribution in [-0.4, -0.2) is 37.9 Å². The van der Waals surface area contributed by atoms with Crippen LogP contribution in [-0.2, 0) is 17.8 Å². The maximum absolute atomic E-state index is 13.0. The molecule has 0 fully saturated rings. The van der Waals surface area contributed by atoms with Gasteiger partial charge in [0.25, 0.3) is 5.91 Å². The van der Waals surface area contributed by atoms with Gasteiger partial charge in [-0.25, -0.2) is 4.68 Å². The Kier molecular flexibility index (Phi) is 6.02. The third-order valence-corrected chi connectivity index (χ3v) is 5.87. The van der Waals surface area contributed by atoms with Crippen molar-refractivity contribution in [3.05, 3.63) is 57.5 Å². The van der Waals surface area contributed by atoms with Crippen molar-refractivity contribution in [2.24, 2.45) is 5.92 Å². The molecule has 0 saturated heterocycles. The van der Waals surface area contributed by atoms with Crippen molar-refractivity contribution >= 4 is 40.8 Å².